The fourth-order valence-corrected chi connectivity index (χ4v) is 1.35. The molecule has 0 saturated carbocycles. The number of rotatable bonds is 15. The van der Waals surface area contributed by atoms with Gasteiger partial charge < -0.3 is 24.4 Å². The first-order valence-corrected chi connectivity index (χ1v) is 6.28. The number of aliphatic hydroxyl groups excluding tert-OH is 2. The molecule has 19 heavy (non-hydrogen) atoms. The number of aliphatic hydroxyl groups is 2. The first-order valence-electron chi connectivity index (χ1n) is 6.28. The summed E-state index contributed by atoms with van der Waals surface area (Å²) in [7, 11) is 0. The Morgan fingerprint density at radius 2 is 1.16 bits per heavy atom. The highest BCUT2D eigenvalue weighted by molar-refractivity contribution is 4.56. The van der Waals surface area contributed by atoms with Gasteiger partial charge in [0.1, 0.15) is 0 Å². The Kier molecular flexibility index (Phi) is 15.5. The Hall–Kier alpha value is -0.320. The molecule has 0 spiro atoms. The number of hydrogen-bond acceptors (Lipinski definition) is 8. The Morgan fingerprint density at radius 1 is 0.684 bits per heavy atom. The van der Waals surface area contributed by atoms with Crippen LogP contribution in [0.25, 0.3) is 0 Å². The van der Waals surface area contributed by atoms with Crippen molar-refractivity contribution in [2.45, 2.75) is 0 Å². The monoisotopic (exact) mass is 283 g/mol. The van der Waals surface area contributed by atoms with E-state index < -0.39 is 0 Å². The van der Waals surface area contributed by atoms with Gasteiger partial charge in [0.25, 0.3) is 0 Å². The van der Waals surface area contributed by atoms with Gasteiger partial charge in [0.05, 0.1) is 46.2 Å². The van der Waals surface area contributed by atoms with Crippen LogP contribution in [0.2, 0.25) is 0 Å². The van der Waals surface area contributed by atoms with Crippen LogP contribution in [0.3, 0.4) is 0 Å². The molecule has 0 saturated heterocycles. The van der Waals surface area contributed by atoms with Gasteiger partial charge in [-0.1, -0.05) is 0 Å². The van der Waals surface area contributed by atoms with E-state index in [-0.39, 0.29) is 20.0 Å². The van der Waals surface area contributed by atoms with E-state index >= 15 is 0 Å². The zero-order chi connectivity index (χ0) is 14.2. The molecular formula is C11H25NO7. The zero-order valence-corrected chi connectivity index (χ0v) is 11.2. The molecule has 8 nitrogen and oxygen atoms in total. The molecule has 0 aromatic carbocycles. The van der Waals surface area contributed by atoms with Crippen molar-refractivity contribution in [2.24, 2.45) is 0 Å². The predicted octanol–water partition coefficient (Wildman–Crippen LogP) is -1.23. The Bertz CT molecular complexity index is 145. The van der Waals surface area contributed by atoms with Gasteiger partial charge in [-0.05, 0) is 0 Å². The minimum atomic E-state index is -0.157. The van der Waals surface area contributed by atoms with Crippen molar-refractivity contribution < 1.29 is 34.6 Å². The Balaban J connectivity index is 3.66. The lowest BCUT2D eigenvalue weighted by Gasteiger charge is -2.21. The third-order valence-corrected chi connectivity index (χ3v) is 2.26. The number of nitrogens with zero attached hydrogens (tertiary/aromatic N) is 1. The highest BCUT2D eigenvalue weighted by Gasteiger charge is 2.05. The molecule has 116 valence electrons. The van der Waals surface area contributed by atoms with Crippen molar-refractivity contribution >= 4 is 0 Å². The molecule has 0 rings (SSSR count). The van der Waals surface area contributed by atoms with Crippen molar-refractivity contribution in [1.82, 2.24) is 4.90 Å². The summed E-state index contributed by atoms with van der Waals surface area (Å²) in [6.07, 6.45) is 0. The SMILES string of the molecule is OCCOCCN(CCOCCO)CCOCOO. The molecule has 0 radical (unpaired) electrons. The average molecular weight is 283 g/mol. The van der Waals surface area contributed by atoms with E-state index in [1.807, 2.05) is 0 Å². The fraction of sp³-hybridized carbons (Fsp3) is 1.00. The molecule has 0 atom stereocenters. The highest BCUT2D eigenvalue weighted by Crippen LogP contribution is 1.91. The first kappa shape index (κ1) is 18.7. The van der Waals surface area contributed by atoms with E-state index in [9.17, 15) is 0 Å². The molecular weight excluding hydrogens is 258 g/mol. The lowest BCUT2D eigenvalue weighted by molar-refractivity contribution is -0.296. The normalized spacial score (nSPS) is 11.4. The maximum absolute atomic E-state index is 8.59. The predicted molar refractivity (Wildman–Crippen MR) is 66.8 cm³/mol. The Labute approximate surface area is 113 Å². The molecule has 0 heterocycles. The molecule has 0 aliphatic carbocycles. The lowest BCUT2D eigenvalue weighted by atomic mass is 10.4. The topological polar surface area (TPSA) is 101 Å². The van der Waals surface area contributed by atoms with E-state index in [4.69, 9.17) is 29.7 Å². The third kappa shape index (κ3) is 13.9. The molecule has 0 bridgehead atoms. The maximum atomic E-state index is 8.59. The quantitative estimate of drug-likeness (QED) is 0.149. The maximum Gasteiger partial charge on any atom is 0.180 e. The van der Waals surface area contributed by atoms with Gasteiger partial charge in [0.15, 0.2) is 6.79 Å². The number of ether oxygens (including phenoxy) is 3. The van der Waals surface area contributed by atoms with Gasteiger partial charge in [0, 0.05) is 19.6 Å². The van der Waals surface area contributed by atoms with Gasteiger partial charge in [0.2, 0.25) is 0 Å². The van der Waals surface area contributed by atoms with Crippen LogP contribution in [-0.2, 0) is 19.1 Å². The number of hydrogen-bond donors (Lipinski definition) is 3. The van der Waals surface area contributed by atoms with Crippen molar-refractivity contribution in [3.63, 3.8) is 0 Å². The molecule has 0 aliphatic heterocycles. The summed E-state index contributed by atoms with van der Waals surface area (Å²) in [4.78, 5) is 5.87. The molecule has 8 heteroatoms. The smallest absolute Gasteiger partial charge is 0.180 e. The Morgan fingerprint density at radius 3 is 1.58 bits per heavy atom. The second kappa shape index (κ2) is 15.7. The van der Waals surface area contributed by atoms with Crippen LogP contribution in [-0.4, -0.2) is 93.0 Å². The highest BCUT2D eigenvalue weighted by atomic mass is 17.1. The van der Waals surface area contributed by atoms with Gasteiger partial charge in [-0.15, -0.1) is 0 Å². The van der Waals surface area contributed by atoms with Crippen LogP contribution in [0, 0.1) is 0 Å². The van der Waals surface area contributed by atoms with Crippen LogP contribution in [0.1, 0.15) is 0 Å². The second-order valence-electron chi connectivity index (χ2n) is 3.67. The lowest BCUT2D eigenvalue weighted by Crippen LogP contribution is -2.34. The summed E-state index contributed by atoms with van der Waals surface area (Å²) < 4.78 is 15.4. The van der Waals surface area contributed by atoms with E-state index in [1.165, 1.54) is 0 Å². The van der Waals surface area contributed by atoms with E-state index in [1.54, 1.807) is 0 Å². The first-order chi connectivity index (χ1) is 9.35. The van der Waals surface area contributed by atoms with E-state index in [0.717, 1.165) is 0 Å². The van der Waals surface area contributed by atoms with Crippen LogP contribution < -0.4 is 0 Å². The summed E-state index contributed by atoms with van der Waals surface area (Å²) in [5, 5.41) is 25.3. The largest absolute Gasteiger partial charge is 0.394 e. The molecule has 0 unspecified atom stereocenters. The summed E-state index contributed by atoms with van der Waals surface area (Å²) in [5.41, 5.74) is 0. The van der Waals surface area contributed by atoms with E-state index in [2.05, 4.69) is 9.79 Å². The summed E-state index contributed by atoms with van der Waals surface area (Å²) in [6, 6.07) is 0. The minimum Gasteiger partial charge on any atom is -0.394 e. The summed E-state index contributed by atoms with van der Waals surface area (Å²) in [6.45, 7) is 3.97. The van der Waals surface area contributed by atoms with Gasteiger partial charge >= 0.3 is 0 Å². The molecule has 0 aromatic rings. The fourth-order valence-electron chi connectivity index (χ4n) is 1.35. The van der Waals surface area contributed by atoms with Crippen molar-refractivity contribution in [3.8, 4) is 0 Å². The average Bonchev–Trinajstić information content (AvgIpc) is 2.43. The van der Waals surface area contributed by atoms with Crippen LogP contribution in [0.4, 0.5) is 0 Å². The molecule has 0 aromatic heterocycles. The van der Waals surface area contributed by atoms with Crippen molar-refractivity contribution in [1.29, 1.82) is 0 Å². The standard InChI is InChI=1S/C11H25NO7/c13-4-9-16-6-1-12(2-7-17-10-5-14)3-8-18-11-19-15/h13-15H,1-11H2. The van der Waals surface area contributed by atoms with Gasteiger partial charge in [-0.3, -0.25) is 4.90 Å². The van der Waals surface area contributed by atoms with Crippen LogP contribution in [0.15, 0.2) is 0 Å². The van der Waals surface area contributed by atoms with Crippen LogP contribution in [0.5, 0.6) is 0 Å². The minimum absolute atomic E-state index is 0.0105. The molecule has 0 fully saturated rings. The second-order valence-corrected chi connectivity index (χ2v) is 3.67. The third-order valence-electron chi connectivity index (χ3n) is 2.26. The van der Waals surface area contributed by atoms with Crippen LogP contribution >= 0.6 is 0 Å². The van der Waals surface area contributed by atoms with Gasteiger partial charge in [-0.25, -0.2) is 10.1 Å². The van der Waals surface area contributed by atoms with Gasteiger partial charge in [-0.2, -0.15) is 0 Å². The van der Waals surface area contributed by atoms with Crippen molar-refractivity contribution in [3.05, 3.63) is 0 Å². The molecule has 0 amide bonds. The van der Waals surface area contributed by atoms with Crippen molar-refractivity contribution in [2.75, 3.05) is 72.7 Å². The summed E-state index contributed by atoms with van der Waals surface area (Å²) >= 11 is 0. The molecule has 3 N–H and O–H groups in total. The zero-order valence-electron chi connectivity index (χ0n) is 11.2. The van der Waals surface area contributed by atoms with E-state index in [0.29, 0.717) is 52.7 Å². The summed E-state index contributed by atoms with van der Waals surface area (Å²) in [5.74, 6) is 0. The molecule has 0 aliphatic rings.